The van der Waals surface area contributed by atoms with Crippen LogP contribution in [0.2, 0.25) is 0 Å². The Kier molecular flexibility index (Phi) is 10.2. The maximum Gasteiger partial charge on any atom is 0.179 e. The Hall–Kier alpha value is -8.50. The van der Waals surface area contributed by atoms with Crippen molar-refractivity contribution in [1.29, 1.82) is 0 Å². The van der Waals surface area contributed by atoms with E-state index in [1.165, 1.54) is 75.6 Å². The zero-order valence-electron chi connectivity index (χ0n) is 37.0. The highest BCUT2D eigenvalue weighted by Gasteiger charge is 2.41. The molecule has 0 atom stereocenters. The second-order valence-electron chi connectivity index (χ2n) is 17.3. The molecule has 0 bridgehead atoms. The maximum atomic E-state index is 2.46. The minimum Gasteiger partial charge on any atom is -0.310 e. The highest BCUT2D eigenvalue weighted by atomic mass is 28.3. The third-order valence-corrected chi connectivity index (χ3v) is 18.3. The molecule has 1 aromatic heterocycles. The lowest BCUT2D eigenvalue weighted by molar-refractivity contribution is 1.18. The van der Waals surface area contributed by atoms with E-state index in [1.807, 2.05) is 0 Å². The van der Waals surface area contributed by atoms with Crippen molar-refractivity contribution in [1.82, 2.24) is 4.57 Å². The fourth-order valence-electron chi connectivity index (χ4n) is 10.5. The molecule has 0 aliphatic heterocycles. The van der Waals surface area contributed by atoms with Crippen molar-refractivity contribution >= 4 is 78.5 Å². The normalized spacial score (nSPS) is 11.6. The van der Waals surface area contributed by atoms with Crippen LogP contribution in [0.3, 0.4) is 0 Å². The van der Waals surface area contributed by atoms with E-state index < -0.39 is 8.07 Å². The number of benzene rings is 11. The van der Waals surface area contributed by atoms with Gasteiger partial charge in [-0.3, -0.25) is 0 Å². The molecule has 0 saturated heterocycles. The molecular weight excluding hydrogens is 825 g/mol. The summed E-state index contributed by atoms with van der Waals surface area (Å²) in [6, 6.07) is 103. The largest absolute Gasteiger partial charge is 0.310 e. The van der Waals surface area contributed by atoms with Gasteiger partial charge in [-0.1, -0.05) is 218 Å². The molecular formula is C64H46N2Si. The summed E-state index contributed by atoms with van der Waals surface area (Å²) in [5, 5.41) is 10.3. The lowest BCUT2D eigenvalue weighted by Gasteiger charge is -2.34. The number of nitrogens with zero attached hydrogens (tertiary/aromatic N) is 2. The number of rotatable bonds is 10. The van der Waals surface area contributed by atoms with E-state index in [-0.39, 0.29) is 0 Å². The van der Waals surface area contributed by atoms with Gasteiger partial charge in [0.15, 0.2) is 8.07 Å². The molecule has 0 radical (unpaired) electrons. The third kappa shape index (κ3) is 7.05. The van der Waals surface area contributed by atoms with Gasteiger partial charge in [0.25, 0.3) is 0 Å². The summed E-state index contributed by atoms with van der Waals surface area (Å²) in [5.74, 6) is 0. The Bertz CT molecular complexity index is 3570. The van der Waals surface area contributed by atoms with Gasteiger partial charge in [-0.2, -0.15) is 0 Å². The minimum absolute atomic E-state index is 1.09. The lowest BCUT2D eigenvalue weighted by Crippen LogP contribution is -2.74. The zero-order chi connectivity index (χ0) is 44.6. The summed E-state index contributed by atoms with van der Waals surface area (Å²) in [6.07, 6.45) is 0. The fraction of sp³-hybridized carbons (Fsp3) is 0. The van der Waals surface area contributed by atoms with E-state index in [9.17, 15) is 0 Å². The minimum atomic E-state index is -2.71. The number of aromatic nitrogens is 1. The first-order chi connectivity index (χ1) is 33.2. The summed E-state index contributed by atoms with van der Waals surface area (Å²) >= 11 is 0. The second kappa shape index (κ2) is 17.1. The quantitative estimate of drug-likeness (QED) is 0.0982. The van der Waals surface area contributed by atoms with Crippen molar-refractivity contribution in [2.75, 3.05) is 4.90 Å². The van der Waals surface area contributed by atoms with E-state index in [4.69, 9.17) is 0 Å². The monoisotopic (exact) mass is 870 g/mol. The standard InChI is InChI=1S/C64H46N2Si/c1-6-20-47(21-7-1)50-36-37-52-45-55(43-40-51(52)44-50)65(62-34-19-35-63-64(62)60-32-16-17-33-61(60)66(63)53-23-8-2-9-24-53)54-41-38-48(39-42-54)49-22-18-31-59(46-49)67(56-25-10-3-11-26-56,57-27-12-4-13-28-57)58-29-14-5-15-30-58/h1-46H. The first kappa shape index (κ1) is 40.0. The SMILES string of the molecule is c1ccc(-c2ccc3cc(N(c4ccc(-c5cccc([Si](c6ccccc6)(c6ccccc6)c6ccccc6)c5)cc4)c4cccc5c4c4ccccc4n5-c4ccccc4)ccc3c2)cc1. The molecule has 316 valence electrons. The molecule has 0 saturated carbocycles. The van der Waals surface area contributed by atoms with Crippen molar-refractivity contribution in [3.05, 3.63) is 279 Å². The van der Waals surface area contributed by atoms with Crippen LogP contribution in [0.5, 0.6) is 0 Å². The molecule has 0 aliphatic rings. The molecule has 0 N–H and O–H groups in total. The van der Waals surface area contributed by atoms with E-state index in [2.05, 4.69) is 289 Å². The first-order valence-electron chi connectivity index (χ1n) is 23.1. The summed E-state index contributed by atoms with van der Waals surface area (Å²) in [5.41, 5.74) is 11.6. The van der Waals surface area contributed by atoms with Crippen LogP contribution in [0.1, 0.15) is 0 Å². The number of hydrogen-bond donors (Lipinski definition) is 0. The molecule has 0 amide bonds. The van der Waals surface area contributed by atoms with Crippen molar-refractivity contribution in [3.8, 4) is 27.9 Å². The second-order valence-corrected chi connectivity index (χ2v) is 21.1. The van der Waals surface area contributed by atoms with Crippen molar-refractivity contribution in [3.63, 3.8) is 0 Å². The molecule has 67 heavy (non-hydrogen) atoms. The van der Waals surface area contributed by atoms with Gasteiger partial charge in [0.1, 0.15) is 0 Å². The van der Waals surface area contributed by atoms with Gasteiger partial charge in [-0.15, -0.1) is 0 Å². The van der Waals surface area contributed by atoms with E-state index in [1.54, 1.807) is 0 Å². The number of hydrogen-bond acceptors (Lipinski definition) is 1. The molecule has 12 aromatic rings. The van der Waals surface area contributed by atoms with Gasteiger partial charge in [-0.25, -0.2) is 0 Å². The van der Waals surface area contributed by atoms with E-state index in [0.717, 1.165) is 22.7 Å². The predicted octanol–water partition coefficient (Wildman–Crippen LogP) is 14.1. The Morgan fingerprint density at radius 1 is 0.299 bits per heavy atom. The van der Waals surface area contributed by atoms with Crippen molar-refractivity contribution < 1.29 is 0 Å². The highest BCUT2D eigenvalue weighted by Crippen LogP contribution is 2.45. The van der Waals surface area contributed by atoms with Gasteiger partial charge in [0.05, 0.1) is 16.7 Å². The fourth-order valence-corrected chi connectivity index (χ4v) is 15.2. The van der Waals surface area contributed by atoms with Crippen LogP contribution in [0.4, 0.5) is 17.1 Å². The molecule has 0 spiro atoms. The van der Waals surface area contributed by atoms with Crippen LogP contribution in [0.15, 0.2) is 279 Å². The van der Waals surface area contributed by atoms with Gasteiger partial charge in [-0.05, 0) is 114 Å². The molecule has 3 heteroatoms. The van der Waals surface area contributed by atoms with Crippen LogP contribution in [0.25, 0.3) is 60.5 Å². The van der Waals surface area contributed by atoms with Gasteiger partial charge < -0.3 is 9.47 Å². The molecule has 11 aromatic carbocycles. The molecule has 1 heterocycles. The van der Waals surface area contributed by atoms with Crippen molar-refractivity contribution in [2.24, 2.45) is 0 Å². The molecule has 0 fully saturated rings. The molecule has 12 rings (SSSR count). The number of fused-ring (bicyclic) bond motifs is 4. The Labute approximate surface area is 392 Å². The average Bonchev–Trinajstić information content (AvgIpc) is 3.76. The predicted molar refractivity (Wildman–Crippen MR) is 287 cm³/mol. The van der Waals surface area contributed by atoms with Crippen molar-refractivity contribution in [2.45, 2.75) is 0 Å². The Morgan fingerprint density at radius 2 is 0.761 bits per heavy atom. The van der Waals surface area contributed by atoms with Crippen LogP contribution >= 0.6 is 0 Å². The van der Waals surface area contributed by atoms with Gasteiger partial charge in [0, 0.05) is 27.8 Å². The third-order valence-electron chi connectivity index (χ3n) is 13.5. The maximum absolute atomic E-state index is 2.71. The van der Waals surface area contributed by atoms with E-state index >= 15 is 0 Å². The van der Waals surface area contributed by atoms with Crippen LogP contribution in [0, 0.1) is 0 Å². The summed E-state index contributed by atoms with van der Waals surface area (Å²) in [4.78, 5) is 2.45. The molecule has 2 nitrogen and oxygen atoms in total. The summed E-state index contributed by atoms with van der Waals surface area (Å²) < 4.78 is 2.40. The van der Waals surface area contributed by atoms with E-state index in [0.29, 0.717) is 0 Å². The van der Waals surface area contributed by atoms with Gasteiger partial charge >= 0.3 is 0 Å². The summed E-state index contributed by atoms with van der Waals surface area (Å²) in [6.45, 7) is 0. The van der Waals surface area contributed by atoms with Crippen LogP contribution in [-0.2, 0) is 0 Å². The lowest BCUT2D eigenvalue weighted by atomic mass is 10.00. The Balaban J connectivity index is 1.02. The molecule has 0 aliphatic carbocycles. The van der Waals surface area contributed by atoms with Crippen LogP contribution < -0.4 is 25.6 Å². The summed E-state index contributed by atoms with van der Waals surface area (Å²) in [7, 11) is -2.71. The zero-order valence-corrected chi connectivity index (χ0v) is 38.0. The molecule has 0 unspecified atom stereocenters. The van der Waals surface area contributed by atoms with Crippen LogP contribution in [-0.4, -0.2) is 12.6 Å². The Morgan fingerprint density at radius 3 is 1.43 bits per heavy atom. The topological polar surface area (TPSA) is 8.17 Å². The first-order valence-corrected chi connectivity index (χ1v) is 25.1. The average molecular weight is 871 g/mol. The number of anilines is 3. The highest BCUT2D eigenvalue weighted by molar-refractivity contribution is 7.19. The smallest absolute Gasteiger partial charge is 0.179 e. The number of para-hydroxylation sites is 2. The van der Waals surface area contributed by atoms with Gasteiger partial charge in [0.2, 0.25) is 0 Å².